The zero-order valence-corrected chi connectivity index (χ0v) is 17.7. The quantitative estimate of drug-likeness (QED) is 0.627. The fourth-order valence-corrected chi connectivity index (χ4v) is 2.89. The van der Waals surface area contributed by atoms with Gasteiger partial charge in [-0.2, -0.15) is 0 Å². The van der Waals surface area contributed by atoms with Crippen molar-refractivity contribution < 1.29 is 23.8 Å². The van der Waals surface area contributed by atoms with Crippen molar-refractivity contribution in [3.63, 3.8) is 0 Å². The van der Waals surface area contributed by atoms with E-state index in [1.165, 1.54) is 7.11 Å². The fraction of sp³-hybridized carbons (Fsp3) is 0.333. The van der Waals surface area contributed by atoms with E-state index in [1.807, 2.05) is 25.1 Å². The van der Waals surface area contributed by atoms with E-state index in [-0.39, 0.29) is 19.0 Å². The molecule has 0 bridgehead atoms. The van der Waals surface area contributed by atoms with Gasteiger partial charge in [0, 0.05) is 23.3 Å². The van der Waals surface area contributed by atoms with E-state index in [1.54, 1.807) is 37.3 Å². The number of carbonyl (C=O) groups excluding carboxylic acids is 2. The molecule has 0 aliphatic rings. The van der Waals surface area contributed by atoms with Crippen LogP contribution in [0.1, 0.15) is 11.1 Å². The number of anilines is 1. The average Bonchev–Trinajstić information content (AvgIpc) is 2.70. The molecule has 0 aromatic heterocycles. The van der Waals surface area contributed by atoms with Gasteiger partial charge in [0.1, 0.15) is 11.5 Å². The van der Waals surface area contributed by atoms with Crippen molar-refractivity contribution in [2.45, 2.75) is 13.5 Å². The van der Waals surface area contributed by atoms with Gasteiger partial charge in [-0.15, -0.1) is 0 Å². The second-order valence-corrected chi connectivity index (χ2v) is 6.86. The fourth-order valence-electron chi connectivity index (χ4n) is 2.70. The number of rotatable bonds is 9. The lowest BCUT2D eigenvalue weighted by Gasteiger charge is -2.21. The summed E-state index contributed by atoms with van der Waals surface area (Å²) in [5, 5.41) is 3.36. The largest absolute Gasteiger partial charge is 0.497 e. The molecule has 8 heteroatoms. The summed E-state index contributed by atoms with van der Waals surface area (Å²) in [7, 11) is 4.43. The number of hydrogen-bond acceptors (Lipinski definition) is 6. The molecule has 156 valence electrons. The molecule has 2 aromatic rings. The Bertz CT molecular complexity index is 850. The minimum Gasteiger partial charge on any atom is -0.497 e. The molecule has 1 amide bonds. The Morgan fingerprint density at radius 1 is 1.00 bits per heavy atom. The normalized spacial score (nSPS) is 10.6. The van der Waals surface area contributed by atoms with Gasteiger partial charge in [-0.05, 0) is 42.3 Å². The van der Waals surface area contributed by atoms with Crippen LogP contribution in [0, 0.1) is 6.92 Å². The standard InChI is InChI=1S/C21H25ClN2O5/c1-14-5-6-16(9-19(14)22)23-20(25)12-24(13-21(26)29-4)11-15-7-17(27-2)10-18(8-15)28-3/h5-10H,11-13H2,1-4H3,(H,23,25). The van der Waals surface area contributed by atoms with E-state index >= 15 is 0 Å². The third kappa shape index (κ3) is 6.96. The summed E-state index contributed by atoms with van der Waals surface area (Å²) in [4.78, 5) is 26.0. The number of esters is 1. The molecule has 0 fully saturated rings. The van der Waals surface area contributed by atoms with Crippen LogP contribution in [0.4, 0.5) is 5.69 Å². The molecule has 0 radical (unpaired) electrons. The van der Waals surface area contributed by atoms with Crippen molar-refractivity contribution in [1.82, 2.24) is 4.90 Å². The van der Waals surface area contributed by atoms with E-state index in [4.69, 9.17) is 25.8 Å². The molecule has 1 N–H and O–H groups in total. The molecule has 29 heavy (non-hydrogen) atoms. The van der Waals surface area contributed by atoms with Gasteiger partial charge >= 0.3 is 5.97 Å². The summed E-state index contributed by atoms with van der Waals surface area (Å²) in [6.07, 6.45) is 0. The zero-order valence-electron chi connectivity index (χ0n) is 17.0. The van der Waals surface area contributed by atoms with Gasteiger partial charge in [0.25, 0.3) is 0 Å². The number of carbonyl (C=O) groups is 2. The number of amides is 1. The van der Waals surface area contributed by atoms with Crippen LogP contribution in [0.5, 0.6) is 11.5 Å². The number of benzene rings is 2. The minimum absolute atomic E-state index is 0.0138. The van der Waals surface area contributed by atoms with Crippen LogP contribution in [0.2, 0.25) is 5.02 Å². The number of ether oxygens (including phenoxy) is 3. The van der Waals surface area contributed by atoms with Crippen molar-refractivity contribution in [2.75, 3.05) is 39.7 Å². The molecule has 0 aliphatic carbocycles. The maximum absolute atomic E-state index is 12.5. The van der Waals surface area contributed by atoms with E-state index in [0.717, 1.165) is 11.1 Å². The predicted molar refractivity (Wildman–Crippen MR) is 112 cm³/mol. The molecular formula is C21H25ClN2O5. The first-order valence-corrected chi connectivity index (χ1v) is 9.29. The van der Waals surface area contributed by atoms with Crippen LogP contribution >= 0.6 is 11.6 Å². The number of nitrogens with one attached hydrogen (secondary N) is 1. The predicted octanol–water partition coefficient (Wildman–Crippen LogP) is 3.28. The van der Waals surface area contributed by atoms with Crippen LogP contribution in [-0.2, 0) is 20.9 Å². The minimum atomic E-state index is -0.439. The third-order valence-corrected chi connectivity index (χ3v) is 4.63. The summed E-state index contributed by atoms with van der Waals surface area (Å²) in [5.41, 5.74) is 2.34. The van der Waals surface area contributed by atoms with Gasteiger partial charge < -0.3 is 19.5 Å². The molecule has 2 rings (SSSR count). The molecule has 7 nitrogen and oxygen atoms in total. The third-order valence-electron chi connectivity index (χ3n) is 4.22. The lowest BCUT2D eigenvalue weighted by Crippen LogP contribution is -2.37. The highest BCUT2D eigenvalue weighted by molar-refractivity contribution is 6.31. The lowest BCUT2D eigenvalue weighted by molar-refractivity contribution is -0.142. The van der Waals surface area contributed by atoms with Crippen LogP contribution < -0.4 is 14.8 Å². The first-order valence-electron chi connectivity index (χ1n) is 8.91. The Kier molecular flexibility index (Phi) is 8.30. The van der Waals surface area contributed by atoms with Gasteiger partial charge in [-0.1, -0.05) is 17.7 Å². The Morgan fingerprint density at radius 2 is 1.66 bits per heavy atom. The van der Waals surface area contributed by atoms with Gasteiger partial charge in [0.2, 0.25) is 5.91 Å². The van der Waals surface area contributed by atoms with Crippen molar-refractivity contribution in [3.05, 3.63) is 52.5 Å². The highest BCUT2D eigenvalue weighted by Gasteiger charge is 2.17. The second-order valence-electron chi connectivity index (χ2n) is 6.45. The monoisotopic (exact) mass is 420 g/mol. The van der Waals surface area contributed by atoms with Crippen LogP contribution in [-0.4, -0.2) is 51.2 Å². The molecule has 0 unspecified atom stereocenters. The van der Waals surface area contributed by atoms with E-state index < -0.39 is 5.97 Å². The van der Waals surface area contributed by atoms with E-state index in [0.29, 0.717) is 28.8 Å². The van der Waals surface area contributed by atoms with Crippen molar-refractivity contribution >= 4 is 29.2 Å². The Morgan fingerprint density at radius 3 is 2.21 bits per heavy atom. The van der Waals surface area contributed by atoms with Crippen molar-refractivity contribution in [1.29, 1.82) is 0 Å². The Hall–Kier alpha value is -2.77. The number of hydrogen-bond donors (Lipinski definition) is 1. The topological polar surface area (TPSA) is 77.1 Å². The highest BCUT2D eigenvalue weighted by atomic mass is 35.5. The first-order chi connectivity index (χ1) is 13.8. The summed E-state index contributed by atoms with van der Waals surface area (Å²) in [6, 6.07) is 10.7. The van der Waals surface area contributed by atoms with Gasteiger partial charge in [0.05, 0.1) is 34.4 Å². The average molecular weight is 421 g/mol. The molecular weight excluding hydrogens is 396 g/mol. The first kappa shape index (κ1) is 22.5. The summed E-state index contributed by atoms with van der Waals surface area (Å²) < 4.78 is 15.3. The molecule has 0 heterocycles. The Labute approximate surface area is 175 Å². The maximum Gasteiger partial charge on any atom is 0.319 e. The lowest BCUT2D eigenvalue weighted by atomic mass is 10.2. The number of halogens is 1. The van der Waals surface area contributed by atoms with Gasteiger partial charge in [-0.25, -0.2) is 0 Å². The van der Waals surface area contributed by atoms with Gasteiger partial charge in [-0.3, -0.25) is 14.5 Å². The summed E-state index contributed by atoms with van der Waals surface area (Å²) >= 11 is 6.11. The molecule has 0 aliphatic heterocycles. The Balaban J connectivity index is 2.14. The highest BCUT2D eigenvalue weighted by Crippen LogP contribution is 2.24. The number of nitrogens with zero attached hydrogens (tertiary/aromatic N) is 1. The SMILES string of the molecule is COC(=O)CN(CC(=O)Nc1ccc(C)c(Cl)c1)Cc1cc(OC)cc(OC)c1. The van der Waals surface area contributed by atoms with E-state index in [2.05, 4.69) is 5.32 Å². The van der Waals surface area contributed by atoms with Crippen LogP contribution in [0.25, 0.3) is 0 Å². The number of aryl methyl sites for hydroxylation is 1. The van der Waals surface area contributed by atoms with Gasteiger partial charge in [0.15, 0.2) is 0 Å². The molecule has 0 atom stereocenters. The van der Waals surface area contributed by atoms with Crippen molar-refractivity contribution in [3.8, 4) is 11.5 Å². The molecule has 2 aromatic carbocycles. The molecule has 0 saturated carbocycles. The second kappa shape index (κ2) is 10.7. The van der Waals surface area contributed by atoms with Crippen LogP contribution in [0.15, 0.2) is 36.4 Å². The smallest absolute Gasteiger partial charge is 0.319 e. The molecule has 0 saturated heterocycles. The summed E-state index contributed by atoms with van der Waals surface area (Å²) in [6.45, 7) is 2.15. The zero-order chi connectivity index (χ0) is 21.4. The van der Waals surface area contributed by atoms with Crippen molar-refractivity contribution in [2.24, 2.45) is 0 Å². The maximum atomic E-state index is 12.5. The molecule has 0 spiro atoms. The van der Waals surface area contributed by atoms with E-state index in [9.17, 15) is 9.59 Å². The number of methoxy groups -OCH3 is 3. The van der Waals surface area contributed by atoms with Crippen LogP contribution in [0.3, 0.4) is 0 Å². The summed E-state index contributed by atoms with van der Waals surface area (Å²) in [5.74, 6) is 0.530.